The Morgan fingerprint density at radius 2 is 2.08 bits per heavy atom. The van der Waals surface area contributed by atoms with Crippen molar-refractivity contribution in [1.82, 2.24) is 9.59 Å². The van der Waals surface area contributed by atoms with Crippen molar-refractivity contribution in [3.63, 3.8) is 0 Å². The number of benzene rings is 1. The average Bonchev–Trinajstić information content (AvgIpc) is 2.62. The molecular weight excluding hydrogens is 188 g/mol. The highest BCUT2D eigenvalue weighted by molar-refractivity contribution is 7.30. The van der Waals surface area contributed by atoms with Crippen molar-refractivity contribution >= 4 is 42.5 Å². The molecule has 58 valence electrons. The van der Waals surface area contributed by atoms with Crippen molar-refractivity contribution in [2.24, 2.45) is 0 Å². The van der Waals surface area contributed by atoms with Crippen LogP contribution in [-0.2, 0) is 0 Å². The largest absolute Gasteiger partial charge is 0.159 e. The van der Waals surface area contributed by atoms with Crippen LogP contribution in [0.3, 0.4) is 0 Å². The molecule has 0 radical (unpaired) electrons. The zero-order valence-electron chi connectivity index (χ0n) is 6.02. The molecule has 0 aliphatic rings. The molecule has 0 N–H and O–H groups in total. The second-order valence-corrected chi connectivity index (χ2v) is 4.29. The fourth-order valence-electron chi connectivity index (χ4n) is 1.26. The topological polar surface area (TPSA) is 25.8 Å². The molecule has 0 saturated heterocycles. The van der Waals surface area contributed by atoms with E-state index in [2.05, 4.69) is 27.8 Å². The van der Waals surface area contributed by atoms with E-state index in [0.717, 1.165) is 4.83 Å². The van der Waals surface area contributed by atoms with Crippen LogP contribution < -0.4 is 0 Å². The van der Waals surface area contributed by atoms with Crippen molar-refractivity contribution in [2.45, 2.75) is 0 Å². The van der Waals surface area contributed by atoms with Crippen LogP contribution in [-0.4, -0.2) is 9.59 Å². The van der Waals surface area contributed by atoms with Gasteiger partial charge in [0.1, 0.15) is 0 Å². The Hall–Kier alpha value is -1.00. The second-order valence-electron chi connectivity index (χ2n) is 2.51. The lowest BCUT2D eigenvalue weighted by molar-refractivity contribution is 1.21. The lowest BCUT2D eigenvalue weighted by Crippen LogP contribution is -1.58. The van der Waals surface area contributed by atoms with Crippen LogP contribution in [0.2, 0.25) is 0 Å². The Morgan fingerprint density at radius 3 is 3.08 bits per heavy atom. The van der Waals surface area contributed by atoms with E-state index in [4.69, 9.17) is 0 Å². The summed E-state index contributed by atoms with van der Waals surface area (Å²) in [5.74, 6) is 0. The molecule has 0 unspecified atom stereocenters. The van der Waals surface area contributed by atoms with E-state index in [1.807, 2.05) is 6.07 Å². The van der Waals surface area contributed by atoms with Gasteiger partial charge >= 0.3 is 0 Å². The summed E-state index contributed by atoms with van der Waals surface area (Å²) >= 11 is 3.18. The van der Waals surface area contributed by atoms with Gasteiger partial charge in [0.25, 0.3) is 0 Å². The van der Waals surface area contributed by atoms with E-state index < -0.39 is 0 Å². The fraction of sp³-hybridized carbons (Fsp3) is 0. The molecule has 2 nitrogen and oxygen atoms in total. The molecule has 0 atom stereocenters. The number of aromatic nitrogens is 2. The molecule has 2 heterocycles. The van der Waals surface area contributed by atoms with E-state index in [9.17, 15) is 0 Å². The molecule has 0 saturated carbocycles. The molecule has 2 aromatic heterocycles. The van der Waals surface area contributed by atoms with Gasteiger partial charge in [-0.2, -0.15) is 0 Å². The Kier molecular flexibility index (Phi) is 1.22. The first-order valence-electron chi connectivity index (χ1n) is 3.55. The molecule has 1 aromatic carbocycles. The van der Waals surface area contributed by atoms with Gasteiger partial charge in [-0.1, -0.05) is 22.7 Å². The van der Waals surface area contributed by atoms with Crippen LogP contribution in [0.15, 0.2) is 24.3 Å². The molecule has 0 bridgehead atoms. The number of fused-ring (bicyclic) bond motifs is 3. The zero-order chi connectivity index (χ0) is 7.97. The molecule has 0 aliphatic heterocycles. The maximum Gasteiger partial charge on any atom is 0.159 e. The zero-order valence-corrected chi connectivity index (χ0v) is 7.65. The van der Waals surface area contributed by atoms with E-state index in [-0.39, 0.29) is 0 Å². The van der Waals surface area contributed by atoms with E-state index in [0.29, 0.717) is 0 Å². The van der Waals surface area contributed by atoms with E-state index in [1.54, 1.807) is 11.3 Å². The van der Waals surface area contributed by atoms with Crippen molar-refractivity contribution in [2.75, 3.05) is 0 Å². The number of hydrogen-bond acceptors (Lipinski definition) is 4. The van der Waals surface area contributed by atoms with Crippen LogP contribution in [0.4, 0.5) is 0 Å². The molecule has 0 amide bonds. The molecule has 0 fully saturated rings. The van der Waals surface area contributed by atoms with Gasteiger partial charge in [0, 0.05) is 10.1 Å². The third-order valence-electron chi connectivity index (χ3n) is 1.80. The Balaban J connectivity index is 2.68. The SMILES string of the molecule is c1ccc2c(c1)sc1nnsc12. The van der Waals surface area contributed by atoms with Gasteiger partial charge in [0.05, 0.1) is 4.70 Å². The third kappa shape index (κ3) is 0.735. The fourth-order valence-corrected chi connectivity index (χ4v) is 3.13. The van der Waals surface area contributed by atoms with Gasteiger partial charge in [-0.05, 0) is 17.6 Å². The average molecular weight is 192 g/mol. The molecule has 3 rings (SSSR count). The van der Waals surface area contributed by atoms with Gasteiger partial charge in [-0.15, -0.1) is 16.4 Å². The van der Waals surface area contributed by atoms with Crippen LogP contribution in [0.5, 0.6) is 0 Å². The van der Waals surface area contributed by atoms with Gasteiger partial charge in [0.15, 0.2) is 4.83 Å². The molecule has 0 spiro atoms. The molecule has 3 aromatic rings. The summed E-state index contributed by atoms with van der Waals surface area (Å²) in [7, 11) is 0. The number of thiophene rings is 1. The Bertz CT molecular complexity index is 537. The van der Waals surface area contributed by atoms with Gasteiger partial charge in [-0.25, -0.2) is 0 Å². The smallest absolute Gasteiger partial charge is 0.127 e. The normalized spacial score (nSPS) is 11.3. The van der Waals surface area contributed by atoms with E-state index >= 15 is 0 Å². The van der Waals surface area contributed by atoms with Crippen LogP contribution >= 0.6 is 22.9 Å². The highest BCUT2D eigenvalue weighted by Crippen LogP contribution is 2.33. The summed E-state index contributed by atoms with van der Waals surface area (Å²) < 4.78 is 6.43. The first-order chi connectivity index (χ1) is 5.95. The molecule has 0 aliphatic carbocycles. The van der Waals surface area contributed by atoms with Crippen molar-refractivity contribution < 1.29 is 0 Å². The predicted molar refractivity (Wildman–Crippen MR) is 52.8 cm³/mol. The van der Waals surface area contributed by atoms with Crippen molar-refractivity contribution in [3.8, 4) is 0 Å². The molecular formula is C8H4N2S2. The van der Waals surface area contributed by atoms with Crippen LogP contribution in [0.25, 0.3) is 19.6 Å². The predicted octanol–water partition coefficient (Wildman–Crippen LogP) is 2.91. The van der Waals surface area contributed by atoms with Gasteiger partial charge in [-0.3, -0.25) is 0 Å². The third-order valence-corrected chi connectivity index (χ3v) is 3.74. The summed E-state index contributed by atoms with van der Waals surface area (Å²) in [6.45, 7) is 0. The maximum atomic E-state index is 4.04. The van der Waals surface area contributed by atoms with Gasteiger partial charge in [0.2, 0.25) is 0 Å². The highest BCUT2D eigenvalue weighted by atomic mass is 32.1. The summed E-state index contributed by atoms with van der Waals surface area (Å²) in [4.78, 5) is 1.06. The number of hydrogen-bond donors (Lipinski definition) is 0. The van der Waals surface area contributed by atoms with Crippen LogP contribution in [0.1, 0.15) is 0 Å². The monoisotopic (exact) mass is 192 g/mol. The summed E-state index contributed by atoms with van der Waals surface area (Å²) in [5.41, 5.74) is 0. The summed E-state index contributed by atoms with van der Waals surface area (Å²) in [6, 6.07) is 8.34. The highest BCUT2D eigenvalue weighted by Gasteiger charge is 2.06. The van der Waals surface area contributed by atoms with Crippen LogP contribution in [0, 0.1) is 0 Å². The summed E-state index contributed by atoms with van der Waals surface area (Å²) in [6.07, 6.45) is 0. The summed E-state index contributed by atoms with van der Waals surface area (Å²) in [5, 5.41) is 5.33. The van der Waals surface area contributed by atoms with E-state index in [1.165, 1.54) is 26.3 Å². The number of nitrogens with zero attached hydrogens (tertiary/aromatic N) is 2. The number of rotatable bonds is 0. The Morgan fingerprint density at radius 1 is 1.17 bits per heavy atom. The lowest BCUT2D eigenvalue weighted by Gasteiger charge is -1.83. The quantitative estimate of drug-likeness (QED) is 0.547. The van der Waals surface area contributed by atoms with Crippen molar-refractivity contribution in [3.05, 3.63) is 24.3 Å². The van der Waals surface area contributed by atoms with Gasteiger partial charge < -0.3 is 0 Å². The molecule has 12 heavy (non-hydrogen) atoms. The minimum atomic E-state index is 1.06. The Labute approximate surface area is 76.6 Å². The standard InChI is InChI=1S/C8H4N2S2/c1-2-4-6-5(3-1)7-8(11-6)9-10-12-7/h1-4H. The minimum Gasteiger partial charge on any atom is -0.127 e. The van der Waals surface area contributed by atoms with Crippen molar-refractivity contribution in [1.29, 1.82) is 0 Å². The molecule has 4 heteroatoms. The lowest BCUT2D eigenvalue weighted by atomic mass is 10.3. The maximum absolute atomic E-state index is 4.04. The minimum absolute atomic E-state index is 1.06. The first kappa shape index (κ1) is 6.51. The first-order valence-corrected chi connectivity index (χ1v) is 5.14. The second kappa shape index (κ2) is 2.24.